The Morgan fingerprint density at radius 3 is 2.50 bits per heavy atom. The van der Waals surface area contributed by atoms with E-state index in [1.54, 1.807) is 7.11 Å². The largest absolute Gasteiger partial charge is 0.468 e. The van der Waals surface area contributed by atoms with Crippen molar-refractivity contribution >= 4 is 21.9 Å². The second-order valence-corrected chi connectivity index (χ2v) is 4.79. The van der Waals surface area contributed by atoms with Crippen LogP contribution in [0, 0.1) is 0 Å². The SMILES string of the molecule is COCC(C)(C)NCC(Br)C(=O)OC. The van der Waals surface area contributed by atoms with Crippen LogP contribution in [0.2, 0.25) is 0 Å². The lowest BCUT2D eigenvalue weighted by Gasteiger charge is -2.26. The molecular weight excluding hydrogens is 250 g/mol. The molecule has 0 aromatic heterocycles. The number of alkyl halides is 1. The van der Waals surface area contributed by atoms with Crippen LogP contribution < -0.4 is 5.32 Å². The zero-order valence-corrected chi connectivity index (χ0v) is 10.7. The van der Waals surface area contributed by atoms with Crippen molar-refractivity contribution in [2.45, 2.75) is 24.2 Å². The Kier molecular flexibility index (Phi) is 6.31. The van der Waals surface area contributed by atoms with E-state index in [9.17, 15) is 4.79 Å². The van der Waals surface area contributed by atoms with Gasteiger partial charge >= 0.3 is 5.97 Å². The molecule has 0 amide bonds. The van der Waals surface area contributed by atoms with Gasteiger partial charge in [0.05, 0.1) is 13.7 Å². The first kappa shape index (κ1) is 13.9. The summed E-state index contributed by atoms with van der Waals surface area (Å²) >= 11 is 3.23. The molecule has 0 aliphatic carbocycles. The Hall–Kier alpha value is -0.130. The number of ether oxygens (including phenoxy) is 2. The number of halogens is 1. The molecule has 4 nitrogen and oxygen atoms in total. The molecule has 0 fully saturated rings. The van der Waals surface area contributed by atoms with Crippen LogP contribution in [0.5, 0.6) is 0 Å². The maximum absolute atomic E-state index is 11.0. The number of hydrogen-bond acceptors (Lipinski definition) is 4. The molecule has 0 aliphatic heterocycles. The number of hydrogen-bond donors (Lipinski definition) is 1. The molecule has 0 saturated heterocycles. The van der Waals surface area contributed by atoms with Gasteiger partial charge in [-0.1, -0.05) is 15.9 Å². The summed E-state index contributed by atoms with van der Waals surface area (Å²) in [5.41, 5.74) is -0.144. The predicted molar refractivity (Wildman–Crippen MR) is 58.7 cm³/mol. The standard InChI is InChI=1S/C9H18BrNO3/c1-9(2,6-13-3)11-5-7(10)8(12)14-4/h7,11H,5-6H2,1-4H3. The van der Waals surface area contributed by atoms with Crippen LogP contribution in [-0.2, 0) is 14.3 Å². The molecule has 1 unspecified atom stereocenters. The highest BCUT2D eigenvalue weighted by Gasteiger charge is 2.21. The van der Waals surface area contributed by atoms with E-state index in [1.165, 1.54) is 7.11 Å². The van der Waals surface area contributed by atoms with Gasteiger partial charge in [0, 0.05) is 19.2 Å². The molecule has 1 N–H and O–H groups in total. The third-order valence-corrected chi connectivity index (χ3v) is 2.42. The van der Waals surface area contributed by atoms with Gasteiger partial charge in [0.2, 0.25) is 0 Å². The van der Waals surface area contributed by atoms with Gasteiger partial charge < -0.3 is 14.8 Å². The Morgan fingerprint density at radius 1 is 1.50 bits per heavy atom. The molecule has 84 valence electrons. The molecule has 5 heteroatoms. The number of carbonyl (C=O) groups is 1. The maximum atomic E-state index is 11.0. The van der Waals surface area contributed by atoms with E-state index in [4.69, 9.17) is 4.74 Å². The van der Waals surface area contributed by atoms with E-state index >= 15 is 0 Å². The lowest BCUT2D eigenvalue weighted by Crippen LogP contribution is -2.47. The Bertz CT molecular complexity index is 185. The second-order valence-electron chi connectivity index (χ2n) is 3.69. The fourth-order valence-corrected chi connectivity index (χ4v) is 1.34. The van der Waals surface area contributed by atoms with Crippen molar-refractivity contribution in [2.75, 3.05) is 27.4 Å². The summed E-state index contributed by atoms with van der Waals surface area (Å²) in [5.74, 6) is -0.272. The molecule has 0 saturated carbocycles. The number of rotatable bonds is 6. The maximum Gasteiger partial charge on any atom is 0.320 e. The van der Waals surface area contributed by atoms with Gasteiger partial charge in [0.1, 0.15) is 4.83 Å². The fourth-order valence-electron chi connectivity index (χ4n) is 0.989. The molecule has 0 bridgehead atoms. The summed E-state index contributed by atoms with van der Waals surface area (Å²) in [5, 5.41) is 3.20. The normalized spacial score (nSPS) is 13.8. The first-order chi connectivity index (χ1) is 6.43. The fraction of sp³-hybridized carbons (Fsp3) is 0.889. The molecule has 0 radical (unpaired) electrons. The Labute approximate surface area is 93.5 Å². The summed E-state index contributed by atoms with van der Waals surface area (Å²) in [6.07, 6.45) is 0. The summed E-state index contributed by atoms with van der Waals surface area (Å²) in [4.78, 5) is 10.7. The van der Waals surface area contributed by atoms with Crippen LogP contribution in [0.15, 0.2) is 0 Å². The molecule has 0 aromatic carbocycles. The van der Waals surface area contributed by atoms with Gasteiger partial charge in [-0.3, -0.25) is 4.79 Å². The minimum atomic E-state index is -0.316. The Morgan fingerprint density at radius 2 is 2.07 bits per heavy atom. The van der Waals surface area contributed by atoms with Crippen molar-refractivity contribution in [2.24, 2.45) is 0 Å². The van der Waals surface area contributed by atoms with E-state index in [0.717, 1.165) is 0 Å². The molecule has 0 aromatic rings. The van der Waals surface area contributed by atoms with Gasteiger partial charge in [-0.15, -0.1) is 0 Å². The molecule has 14 heavy (non-hydrogen) atoms. The van der Waals surface area contributed by atoms with Gasteiger partial charge in [0.25, 0.3) is 0 Å². The minimum Gasteiger partial charge on any atom is -0.468 e. The lowest BCUT2D eigenvalue weighted by atomic mass is 10.1. The number of esters is 1. The average molecular weight is 268 g/mol. The van der Waals surface area contributed by atoms with Crippen molar-refractivity contribution in [1.82, 2.24) is 5.32 Å². The minimum absolute atomic E-state index is 0.144. The first-order valence-electron chi connectivity index (χ1n) is 4.39. The zero-order chi connectivity index (χ0) is 11.2. The van der Waals surface area contributed by atoms with Crippen molar-refractivity contribution in [3.05, 3.63) is 0 Å². The summed E-state index contributed by atoms with van der Waals surface area (Å²) in [6.45, 7) is 5.12. The third kappa shape index (κ3) is 5.57. The first-order valence-corrected chi connectivity index (χ1v) is 5.30. The van der Waals surface area contributed by atoms with E-state index in [1.807, 2.05) is 13.8 Å². The van der Waals surface area contributed by atoms with E-state index in [-0.39, 0.29) is 16.3 Å². The van der Waals surface area contributed by atoms with Crippen molar-refractivity contribution in [3.8, 4) is 0 Å². The monoisotopic (exact) mass is 267 g/mol. The topological polar surface area (TPSA) is 47.6 Å². The smallest absolute Gasteiger partial charge is 0.320 e. The van der Waals surface area contributed by atoms with Crippen LogP contribution in [0.1, 0.15) is 13.8 Å². The predicted octanol–water partition coefficient (Wildman–Crippen LogP) is 0.938. The zero-order valence-electron chi connectivity index (χ0n) is 9.09. The molecule has 0 heterocycles. The van der Waals surface area contributed by atoms with Crippen LogP contribution in [0.4, 0.5) is 0 Å². The molecule has 0 aliphatic rings. The van der Waals surface area contributed by atoms with Gasteiger partial charge in [-0.25, -0.2) is 0 Å². The van der Waals surface area contributed by atoms with Crippen LogP contribution in [0.25, 0.3) is 0 Å². The second kappa shape index (κ2) is 6.37. The summed E-state index contributed by atoms with van der Waals surface area (Å²) < 4.78 is 9.61. The quantitative estimate of drug-likeness (QED) is 0.575. The van der Waals surface area contributed by atoms with Crippen LogP contribution >= 0.6 is 15.9 Å². The number of carbonyl (C=O) groups excluding carboxylic acids is 1. The highest BCUT2D eigenvalue weighted by molar-refractivity contribution is 9.10. The molecule has 0 spiro atoms. The molecule has 1 atom stereocenters. The van der Waals surface area contributed by atoms with E-state index in [2.05, 4.69) is 26.0 Å². The molecule has 0 rings (SSSR count). The number of methoxy groups -OCH3 is 2. The highest BCUT2D eigenvalue weighted by atomic mass is 79.9. The number of nitrogens with one attached hydrogen (secondary N) is 1. The summed E-state index contributed by atoms with van der Waals surface area (Å²) in [7, 11) is 3.02. The summed E-state index contributed by atoms with van der Waals surface area (Å²) in [6, 6.07) is 0. The van der Waals surface area contributed by atoms with Crippen LogP contribution in [0.3, 0.4) is 0 Å². The molecular formula is C9H18BrNO3. The van der Waals surface area contributed by atoms with Crippen molar-refractivity contribution < 1.29 is 14.3 Å². The van der Waals surface area contributed by atoms with Crippen LogP contribution in [-0.4, -0.2) is 43.7 Å². The Balaban J connectivity index is 3.86. The van der Waals surface area contributed by atoms with Crippen molar-refractivity contribution in [3.63, 3.8) is 0 Å². The van der Waals surface area contributed by atoms with E-state index < -0.39 is 0 Å². The highest BCUT2D eigenvalue weighted by Crippen LogP contribution is 2.06. The average Bonchev–Trinajstić information content (AvgIpc) is 2.13. The lowest BCUT2D eigenvalue weighted by molar-refractivity contribution is -0.139. The third-order valence-electron chi connectivity index (χ3n) is 1.72. The van der Waals surface area contributed by atoms with Gasteiger partial charge in [-0.2, -0.15) is 0 Å². The van der Waals surface area contributed by atoms with E-state index in [0.29, 0.717) is 13.2 Å². The van der Waals surface area contributed by atoms with Gasteiger partial charge in [0.15, 0.2) is 0 Å². The van der Waals surface area contributed by atoms with Gasteiger partial charge in [-0.05, 0) is 13.8 Å². The van der Waals surface area contributed by atoms with Crippen molar-refractivity contribution in [1.29, 1.82) is 0 Å².